The van der Waals surface area contributed by atoms with Crippen LogP contribution in [0.25, 0.3) is 0 Å². The van der Waals surface area contributed by atoms with Gasteiger partial charge >= 0.3 is 0 Å². The van der Waals surface area contributed by atoms with Crippen molar-refractivity contribution in [2.75, 3.05) is 18.5 Å². The minimum Gasteiger partial charge on any atom is -0.359 e. The predicted molar refractivity (Wildman–Crippen MR) is 65.4 cm³/mol. The van der Waals surface area contributed by atoms with Crippen LogP contribution in [0.15, 0.2) is 42.7 Å². The zero-order chi connectivity index (χ0) is 12.1. The topological polar surface area (TPSA) is 29.0 Å². The predicted octanol–water partition coefficient (Wildman–Crippen LogP) is 2.29. The van der Waals surface area contributed by atoms with Crippen LogP contribution in [0.5, 0.6) is 0 Å². The molecule has 0 bridgehead atoms. The molecule has 3 nitrogen and oxygen atoms in total. The smallest absolute Gasteiger partial charge is 0.214 e. The molecule has 88 valence electrons. The van der Waals surface area contributed by atoms with Gasteiger partial charge in [0.25, 0.3) is 0 Å². The van der Waals surface area contributed by atoms with Crippen molar-refractivity contribution in [2.45, 2.75) is 6.42 Å². The first-order valence-corrected chi connectivity index (χ1v) is 5.48. The first-order valence-electron chi connectivity index (χ1n) is 5.48. The molecule has 4 heteroatoms. The van der Waals surface area contributed by atoms with Gasteiger partial charge in [-0.2, -0.15) is 4.39 Å². The van der Waals surface area contributed by atoms with E-state index in [4.69, 9.17) is 0 Å². The van der Waals surface area contributed by atoms with Crippen LogP contribution in [-0.4, -0.2) is 23.6 Å². The Labute approximate surface area is 99.9 Å². The van der Waals surface area contributed by atoms with E-state index in [2.05, 4.69) is 9.97 Å². The quantitative estimate of drug-likeness (QED) is 0.756. The van der Waals surface area contributed by atoms with Crippen molar-refractivity contribution in [1.82, 2.24) is 9.97 Å². The number of aromatic nitrogens is 2. The summed E-state index contributed by atoms with van der Waals surface area (Å²) in [5.74, 6) is 0.206. The van der Waals surface area contributed by atoms with Crippen LogP contribution in [-0.2, 0) is 6.42 Å². The Kier molecular flexibility index (Phi) is 3.65. The highest BCUT2D eigenvalue weighted by Gasteiger charge is 2.03. The minimum absolute atomic E-state index is 0.446. The molecule has 0 fully saturated rings. The highest BCUT2D eigenvalue weighted by atomic mass is 19.1. The fourth-order valence-electron chi connectivity index (χ4n) is 1.57. The van der Waals surface area contributed by atoms with Gasteiger partial charge in [0.05, 0.1) is 0 Å². The summed E-state index contributed by atoms with van der Waals surface area (Å²) >= 11 is 0. The molecule has 0 atom stereocenters. The molecule has 17 heavy (non-hydrogen) atoms. The van der Waals surface area contributed by atoms with Crippen molar-refractivity contribution in [2.24, 2.45) is 0 Å². The molecule has 0 spiro atoms. The normalized spacial score (nSPS) is 10.2. The fourth-order valence-corrected chi connectivity index (χ4v) is 1.57. The summed E-state index contributed by atoms with van der Waals surface area (Å²) in [7, 11) is 1.91. The molecule has 0 amide bonds. The third kappa shape index (κ3) is 3.24. The van der Waals surface area contributed by atoms with Crippen LogP contribution >= 0.6 is 0 Å². The average molecular weight is 231 g/mol. The molecule has 0 radical (unpaired) electrons. The van der Waals surface area contributed by atoms with E-state index in [-0.39, 0.29) is 0 Å². The molecule has 2 aromatic heterocycles. The molecule has 0 N–H and O–H groups in total. The van der Waals surface area contributed by atoms with Gasteiger partial charge in [0, 0.05) is 26.0 Å². The fraction of sp³-hybridized carbons (Fsp3) is 0.231. The Morgan fingerprint density at radius 2 is 1.94 bits per heavy atom. The second-order valence-electron chi connectivity index (χ2n) is 3.85. The van der Waals surface area contributed by atoms with Gasteiger partial charge in [-0.3, -0.25) is 4.98 Å². The molecule has 2 aromatic rings. The Hall–Kier alpha value is -1.97. The number of likely N-dealkylation sites (N-methyl/N-ethyl adjacent to an activating group) is 1. The zero-order valence-corrected chi connectivity index (χ0v) is 9.68. The Bertz CT molecular complexity index is 473. The molecule has 0 saturated heterocycles. The lowest BCUT2D eigenvalue weighted by Crippen LogP contribution is -2.21. The summed E-state index contributed by atoms with van der Waals surface area (Å²) in [5, 5.41) is 0. The maximum Gasteiger partial charge on any atom is 0.214 e. The van der Waals surface area contributed by atoms with Gasteiger partial charge in [0.2, 0.25) is 5.95 Å². The summed E-state index contributed by atoms with van der Waals surface area (Å²) in [5.41, 5.74) is 1.21. The molecule has 0 aliphatic carbocycles. The van der Waals surface area contributed by atoms with E-state index < -0.39 is 5.95 Å². The Morgan fingerprint density at radius 1 is 1.18 bits per heavy atom. The third-order valence-corrected chi connectivity index (χ3v) is 2.58. The van der Waals surface area contributed by atoms with E-state index in [0.29, 0.717) is 5.82 Å². The van der Waals surface area contributed by atoms with Crippen molar-refractivity contribution in [1.29, 1.82) is 0 Å². The zero-order valence-electron chi connectivity index (χ0n) is 9.68. The Balaban J connectivity index is 1.96. The summed E-state index contributed by atoms with van der Waals surface area (Å²) in [4.78, 5) is 9.73. The lowest BCUT2D eigenvalue weighted by atomic mass is 10.2. The second kappa shape index (κ2) is 5.39. The van der Waals surface area contributed by atoms with Crippen molar-refractivity contribution in [3.8, 4) is 0 Å². The number of halogens is 1. The van der Waals surface area contributed by atoms with Gasteiger partial charge in [-0.25, -0.2) is 4.98 Å². The molecule has 2 heterocycles. The SMILES string of the molecule is CN(CCc1ccncc1)c1cccc(F)n1. The third-order valence-electron chi connectivity index (χ3n) is 2.58. The summed E-state index contributed by atoms with van der Waals surface area (Å²) < 4.78 is 12.9. The lowest BCUT2D eigenvalue weighted by Gasteiger charge is -2.17. The van der Waals surface area contributed by atoms with Gasteiger partial charge in [-0.15, -0.1) is 0 Å². The summed E-state index contributed by atoms with van der Waals surface area (Å²) in [6.07, 6.45) is 4.43. The van der Waals surface area contributed by atoms with E-state index in [0.717, 1.165) is 13.0 Å². The average Bonchev–Trinajstić information content (AvgIpc) is 2.37. The number of anilines is 1. The number of rotatable bonds is 4. The molecule has 0 aromatic carbocycles. The van der Waals surface area contributed by atoms with Crippen LogP contribution in [0.1, 0.15) is 5.56 Å². The van der Waals surface area contributed by atoms with Crippen LogP contribution in [0.4, 0.5) is 10.2 Å². The van der Waals surface area contributed by atoms with Gasteiger partial charge in [0.15, 0.2) is 0 Å². The molecule has 0 aliphatic heterocycles. The number of pyridine rings is 2. The molecule has 2 rings (SSSR count). The second-order valence-corrected chi connectivity index (χ2v) is 3.85. The standard InChI is InChI=1S/C13H14FN3/c1-17(13-4-2-3-12(14)16-13)10-7-11-5-8-15-9-6-11/h2-6,8-9H,7,10H2,1H3. The first-order chi connectivity index (χ1) is 8.25. The number of nitrogens with zero attached hydrogens (tertiary/aromatic N) is 3. The molecule has 0 aliphatic rings. The largest absolute Gasteiger partial charge is 0.359 e. The van der Waals surface area contributed by atoms with Gasteiger partial charge in [-0.1, -0.05) is 6.07 Å². The summed E-state index contributed by atoms with van der Waals surface area (Å²) in [6.45, 7) is 0.792. The van der Waals surface area contributed by atoms with Gasteiger partial charge in [0.1, 0.15) is 5.82 Å². The maximum atomic E-state index is 12.9. The van der Waals surface area contributed by atoms with E-state index in [1.165, 1.54) is 11.6 Å². The molecule has 0 saturated carbocycles. The minimum atomic E-state index is -0.446. The van der Waals surface area contributed by atoms with Crippen LogP contribution in [0, 0.1) is 5.95 Å². The van der Waals surface area contributed by atoms with E-state index in [1.54, 1.807) is 24.5 Å². The lowest BCUT2D eigenvalue weighted by molar-refractivity contribution is 0.582. The molecular weight excluding hydrogens is 217 g/mol. The van der Waals surface area contributed by atoms with Gasteiger partial charge in [-0.05, 0) is 36.2 Å². The van der Waals surface area contributed by atoms with Crippen molar-refractivity contribution >= 4 is 5.82 Å². The van der Waals surface area contributed by atoms with Crippen LogP contribution in [0.2, 0.25) is 0 Å². The van der Waals surface area contributed by atoms with Gasteiger partial charge < -0.3 is 4.90 Å². The highest BCUT2D eigenvalue weighted by molar-refractivity contribution is 5.36. The Morgan fingerprint density at radius 3 is 2.65 bits per heavy atom. The highest BCUT2D eigenvalue weighted by Crippen LogP contribution is 2.09. The van der Waals surface area contributed by atoms with E-state index in [1.807, 2.05) is 24.1 Å². The van der Waals surface area contributed by atoms with Crippen LogP contribution < -0.4 is 4.90 Å². The van der Waals surface area contributed by atoms with Crippen molar-refractivity contribution in [3.05, 3.63) is 54.2 Å². The number of hydrogen-bond acceptors (Lipinski definition) is 3. The van der Waals surface area contributed by atoms with E-state index in [9.17, 15) is 4.39 Å². The maximum absolute atomic E-state index is 12.9. The van der Waals surface area contributed by atoms with Crippen molar-refractivity contribution in [3.63, 3.8) is 0 Å². The van der Waals surface area contributed by atoms with E-state index >= 15 is 0 Å². The van der Waals surface area contributed by atoms with Crippen molar-refractivity contribution < 1.29 is 4.39 Å². The van der Waals surface area contributed by atoms with Crippen LogP contribution in [0.3, 0.4) is 0 Å². The monoisotopic (exact) mass is 231 g/mol. The molecule has 0 unspecified atom stereocenters. The first kappa shape index (κ1) is 11.5. The summed E-state index contributed by atoms with van der Waals surface area (Å²) in [6, 6.07) is 8.77. The number of hydrogen-bond donors (Lipinski definition) is 0. The molecular formula is C13H14FN3.